The first-order chi connectivity index (χ1) is 13.1. The Bertz CT molecular complexity index is 896. The van der Waals surface area contributed by atoms with Gasteiger partial charge in [0.25, 0.3) is 5.69 Å². The van der Waals surface area contributed by atoms with Gasteiger partial charge in [0, 0.05) is 32.3 Å². The van der Waals surface area contributed by atoms with E-state index in [2.05, 4.69) is 14.9 Å². The third-order valence-electron chi connectivity index (χ3n) is 4.67. The summed E-state index contributed by atoms with van der Waals surface area (Å²) in [4.78, 5) is 35.5. The molecule has 1 amide bonds. The van der Waals surface area contributed by atoms with E-state index in [0.717, 1.165) is 19.4 Å². The van der Waals surface area contributed by atoms with Crippen molar-refractivity contribution in [1.82, 2.24) is 14.9 Å². The van der Waals surface area contributed by atoms with Crippen LogP contribution in [0.5, 0.6) is 0 Å². The summed E-state index contributed by atoms with van der Waals surface area (Å²) in [5, 5.41) is 10.9. The van der Waals surface area contributed by atoms with Gasteiger partial charge in [0.05, 0.1) is 28.2 Å². The molecule has 0 spiro atoms. The Kier molecular flexibility index (Phi) is 5.35. The number of nitro groups is 1. The lowest BCUT2D eigenvalue weighted by atomic mass is 10.0. The minimum Gasteiger partial charge on any atom is -0.444 e. The number of fused-ring (bicyclic) bond motifs is 1. The number of likely N-dealkylation sites (N-methyl/N-ethyl adjacent to an activating group) is 1. The first-order valence-corrected chi connectivity index (χ1v) is 9.26. The van der Waals surface area contributed by atoms with Crippen LogP contribution in [0.4, 0.5) is 16.3 Å². The van der Waals surface area contributed by atoms with E-state index >= 15 is 0 Å². The number of nitrogens with zero attached hydrogens (tertiary/aromatic N) is 5. The minimum absolute atomic E-state index is 0.00780. The van der Waals surface area contributed by atoms with Crippen molar-refractivity contribution in [2.75, 3.05) is 25.0 Å². The molecule has 0 bridgehead atoms. The summed E-state index contributed by atoms with van der Waals surface area (Å²) in [7, 11) is 1.76. The zero-order chi connectivity index (χ0) is 20.5. The van der Waals surface area contributed by atoms with Gasteiger partial charge in [-0.15, -0.1) is 0 Å². The summed E-state index contributed by atoms with van der Waals surface area (Å²) >= 11 is 0. The van der Waals surface area contributed by atoms with Crippen molar-refractivity contribution in [2.45, 2.75) is 45.3 Å². The minimum atomic E-state index is -0.536. The van der Waals surface area contributed by atoms with Crippen molar-refractivity contribution in [3.63, 3.8) is 0 Å². The number of amides is 1. The van der Waals surface area contributed by atoms with Crippen molar-refractivity contribution in [1.29, 1.82) is 0 Å². The van der Waals surface area contributed by atoms with E-state index < -0.39 is 10.5 Å². The lowest BCUT2D eigenvalue weighted by molar-refractivity contribution is -0.384. The highest BCUT2D eigenvalue weighted by atomic mass is 16.6. The number of nitro benzene ring substituents is 1. The molecule has 0 aliphatic carbocycles. The number of hydrogen-bond donors (Lipinski definition) is 0. The maximum Gasteiger partial charge on any atom is 0.410 e. The molecule has 0 N–H and O–H groups in total. The second-order valence-corrected chi connectivity index (χ2v) is 7.99. The molecule has 3 rings (SSSR count). The monoisotopic (exact) mass is 387 g/mol. The number of aromatic nitrogens is 2. The predicted molar refractivity (Wildman–Crippen MR) is 105 cm³/mol. The van der Waals surface area contributed by atoms with Crippen LogP contribution in [0.25, 0.3) is 11.0 Å². The summed E-state index contributed by atoms with van der Waals surface area (Å²) in [5.74, 6) is 0.698. The highest BCUT2D eigenvalue weighted by molar-refractivity contribution is 5.78. The summed E-state index contributed by atoms with van der Waals surface area (Å²) in [6.45, 7) is 6.98. The number of rotatable bonds is 3. The maximum atomic E-state index is 12.4. The quantitative estimate of drug-likeness (QED) is 0.588. The summed E-state index contributed by atoms with van der Waals surface area (Å²) < 4.78 is 5.47. The lowest BCUT2D eigenvalue weighted by Crippen LogP contribution is -2.50. The fraction of sp³-hybridized carbons (Fsp3) is 0.526. The number of carbonyl (C=O) groups excluding carboxylic acids is 1. The molecule has 0 radical (unpaired) electrons. The van der Waals surface area contributed by atoms with Crippen LogP contribution in [0.1, 0.15) is 33.6 Å². The zero-order valence-corrected chi connectivity index (χ0v) is 16.6. The average molecular weight is 387 g/mol. The van der Waals surface area contributed by atoms with E-state index in [1.165, 1.54) is 12.1 Å². The zero-order valence-electron chi connectivity index (χ0n) is 16.6. The van der Waals surface area contributed by atoms with Crippen LogP contribution < -0.4 is 4.90 Å². The third-order valence-corrected chi connectivity index (χ3v) is 4.67. The number of ether oxygens (including phenoxy) is 1. The Morgan fingerprint density at radius 3 is 2.79 bits per heavy atom. The second-order valence-electron chi connectivity index (χ2n) is 7.99. The van der Waals surface area contributed by atoms with Gasteiger partial charge in [-0.3, -0.25) is 15.1 Å². The van der Waals surface area contributed by atoms with Crippen molar-refractivity contribution >= 4 is 28.6 Å². The van der Waals surface area contributed by atoms with Gasteiger partial charge in [-0.2, -0.15) is 0 Å². The molecule has 1 aromatic heterocycles. The van der Waals surface area contributed by atoms with E-state index in [1.54, 1.807) is 24.2 Å². The van der Waals surface area contributed by atoms with Crippen molar-refractivity contribution in [3.8, 4) is 0 Å². The molecule has 1 fully saturated rings. The van der Waals surface area contributed by atoms with Crippen LogP contribution in [-0.4, -0.2) is 57.7 Å². The first-order valence-electron chi connectivity index (χ1n) is 9.26. The smallest absolute Gasteiger partial charge is 0.410 e. The number of piperidine rings is 1. The van der Waals surface area contributed by atoms with Crippen LogP contribution in [0.3, 0.4) is 0 Å². The molecular weight excluding hydrogens is 362 g/mol. The molecule has 0 unspecified atom stereocenters. The molecular formula is C19H25N5O4. The molecule has 150 valence electrons. The first kappa shape index (κ1) is 19.8. The SMILES string of the molecule is CN(C(=O)OC(C)(C)C)[C@@H]1CCCN(c2cnc3cc([N+](=O)[O-])ccc3n2)C1. The second kappa shape index (κ2) is 7.57. The summed E-state index contributed by atoms with van der Waals surface area (Å²) in [5.41, 5.74) is 0.543. The van der Waals surface area contributed by atoms with E-state index in [-0.39, 0.29) is 17.8 Å². The van der Waals surface area contributed by atoms with Crippen molar-refractivity contribution in [3.05, 3.63) is 34.5 Å². The number of carbonyl (C=O) groups is 1. The average Bonchev–Trinajstić information content (AvgIpc) is 2.65. The van der Waals surface area contributed by atoms with Gasteiger partial charge in [0.2, 0.25) is 0 Å². The van der Waals surface area contributed by atoms with Crippen molar-refractivity contribution < 1.29 is 14.5 Å². The number of anilines is 1. The Hall–Kier alpha value is -2.97. The van der Waals surface area contributed by atoms with Gasteiger partial charge >= 0.3 is 6.09 Å². The Balaban J connectivity index is 1.75. The van der Waals surface area contributed by atoms with Crippen LogP contribution >= 0.6 is 0 Å². The topological polar surface area (TPSA) is 102 Å². The van der Waals surface area contributed by atoms with Crippen LogP contribution in [-0.2, 0) is 4.74 Å². The molecule has 28 heavy (non-hydrogen) atoms. The molecule has 2 heterocycles. The van der Waals surface area contributed by atoms with Crippen LogP contribution in [0, 0.1) is 10.1 Å². The Labute approximate surface area is 163 Å². The molecule has 1 saturated heterocycles. The fourth-order valence-corrected chi connectivity index (χ4v) is 3.22. The predicted octanol–water partition coefficient (Wildman–Crippen LogP) is 3.37. The van der Waals surface area contributed by atoms with Gasteiger partial charge in [0.1, 0.15) is 11.4 Å². The van der Waals surface area contributed by atoms with Crippen LogP contribution in [0.2, 0.25) is 0 Å². The van der Waals surface area contributed by atoms with Gasteiger partial charge in [-0.25, -0.2) is 9.78 Å². The molecule has 1 aliphatic heterocycles. The molecule has 9 heteroatoms. The van der Waals surface area contributed by atoms with Crippen LogP contribution in [0.15, 0.2) is 24.4 Å². The number of hydrogen-bond acceptors (Lipinski definition) is 7. The highest BCUT2D eigenvalue weighted by Crippen LogP contribution is 2.24. The molecule has 1 aromatic carbocycles. The van der Waals surface area contributed by atoms with E-state index in [0.29, 0.717) is 23.4 Å². The lowest BCUT2D eigenvalue weighted by Gasteiger charge is -2.38. The molecule has 2 aromatic rings. The fourth-order valence-electron chi connectivity index (χ4n) is 3.22. The van der Waals surface area contributed by atoms with Gasteiger partial charge in [-0.05, 0) is 39.7 Å². The largest absolute Gasteiger partial charge is 0.444 e. The van der Waals surface area contributed by atoms with E-state index in [1.807, 2.05) is 20.8 Å². The third kappa shape index (κ3) is 4.47. The van der Waals surface area contributed by atoms with Crippen molar-refractivity contribution in [2.24, 2.45) is 0 Å². The number of benzene rings is 1. The summed E-state index contributed by atoms with van der Waals surface area (Å²) in [6, 6.07) is 4.47. The highest BCUT2D eigenvalue weighted by Gasteiger charge is 2.29. The van der Waals surface area contributed by atoms with Gasteiger partial charge in [-0.1, -0.05) is 0 Å². The Morgan fingerprint density at radius 2 is 2.11 bits per heavy atom. The van der Waals surface area contributed by atoms with Gasteiger partial charge in [0.15, 0.2) is 0 Å². The molecule has 1 atom stereocenters. The van der Waals surface area contributed by atoms with Gasteiger partial charge < -0.3 is 14.5 Å². The molecule has 9 nitrogen and oxygen atoms in total. The standard InChI is InChI=1S/C19H25N5O4/c1-19(2,3)28-18(25)22(4)14-6-5-9-23(12-14)17-11-20-16-10-13(24(26)27)7-8-15(16)21-17/h7-8,10-11,14H,5-6,9,12H2,1-4H3/t14-/m1/s1. The number of non-ortho nitro benzene ring substituents is 1. The normalized spacial score (nSPS) is 17.4. The van der Waals surface area contributed by atoms with E-state index in [4.69, 9.17) is 4.74 Å². The molecule has 1 aliphatic rings. The molecule has 0 saturated carbocycles. The van der Waals surface area contributed by atoms with E-state index in [9.17, 15) is 14.9 Å². The Morgan fingerprint density at radius 1 is 1.36 bits per heavy atom. The summed E-state index contributed by atoms with van der Waals surface area (Å²) in [6.07, 6.45) is 3.09. The maximum absolute atomic E-state index is 12.4.